The van der Waals surface area contributed by atoms with Crippen molar-refractivity contribution in [3.05, 3.63) is 89.5 Å². The van der Waals surface area contributed by atoms with Crippen LogP contribution in [-0.2, 0) is 15.6 Å². The molecule has 0 saturated heterocycles. The fraction of sp³-hybridized carbons (Fsp3) is 0.136. The Bertz CT molecular complexity index is 1090. The molecular weight excluding hydrogens is 374 g/mol. The Hall–Kier alpha value is -3.12. The number of ether oxygens (including phenoxy) is 1. The van der Waals surface area contributed by atoms with E-state index in [2.05, 4.69) is 5.32 Å². The fourth-order valence-corrected chi connectivity index (χ4v) is 4.29. The Balaban J connectivity index is 1.90. The summed E-state index contributed by atoms with van der Waals surface area (Å²) in [4.78, 5) is 13.1. The van der Waals surface area contributed by atoms with Gasteiger partial charge in [0.15, 0.2) is 9.84 Å². The molecule has 144 valence electrons. The van der Waals surface area contributed by atoms with Crippen molar-refractivity contribution >= 4 is 21.4 Å². The van der Waals surface area contributed by atoms with Crippen molar-refractivity contribution in [2.75, 3.05) is 12.4 Å². The number of carbonyl (C=O) groups is 1. The zero-order chi connectivity index (χ0) is 20.1. The first-order chi connectivity index (χ1) is 13.4. The maximum absolute atomic E-state index is 12.9. The maximum Gasteiger partial charge on any atom is 0.256 e. The molecule has 0 saturated carbocycles. The van der Waals surface area contributed by atoms with E-state index in [0.29, 0.717) is 22.6 Å². The minimum Gasteiger partial charge on any atom is -0.495 e. The van der Waals surface area contributed by atoms with E-state index in [1.54, 1.807) is 66.7 Å². The van der Waals surface area contributed by atoms with Gasteiger partial charge in [0.25, 0.3) is 5.91 Å². The van der Waals surface area contributed by atoms with Gasteiger partial charge >= 0.3 is 0 Å². The molecule has 0 radical (unpaired) electrons. The molecule has 3 rings (SSSR count). The van der Waals surface area contributed by atoms with Crippen LogP contribution in [0.15, 0.2) is 77.7 Å². The van der Waals surface area contributed by atoms with Crippen molar-refractivity contribution in [1.29, 1.82) is 0 Å². The lowest BCUT2D eigenvalue weighted by molar-refractivity contribution is 0.102. The Morgan fingerprint density at radius 2 is 1.64 bits per heavy atom. The third kappa shape index (κ3) is 4.40. The molecule has 0 atom stereocenters. The molecule has 1 amide bonds. The monoisotopic (exact) mass is 395 g/mol. The van der Waals surface area contributed by atoms with E-state index in [1.165, 1.54) is 7.11 Å². The quantitative estimate of drug-likeness (QED) is 0.678. The summed E-state index contributed by atoms with van der Waals surface area (Å²) in [7, 11) is -2.04. The van der Waals surface area contributed by atoms with Crippen LogP contribution >= 0.6 is 0 Å². The first kappa shape index (κ1) is 19.6. The predicted molar refractivity (Wildman–Crippen MR) is 109 cm³/mol. The van der Waals surface area contributed by atoms with Crippen LogP contribution in [-0.4, -0.2) is 21.4 Å². The van der Waals surface area contributed by atoms with Crippen LogP contribution in [0.2, 0.25) is 0 Å². The highest BCUT2D eigenvalue weighted by Crippen LogP contribution is 2.26. The second-order valence-electron chi connectivity index (χ2n) is 6.39. The van der Waals surface area contributed by atoms with Gasteiger partial charge in [0.1, 0.15) is 5.75 Å². The van der Waals surface area contributed by atoms with Gasteiger partial charge in [0.05, 0.1) is 23.4 Å². The fourth-order valence-electron chi connectivity index (χ4n) is 2.89. The van der Waals surface area contributed by atoms with E-state index >= 15 is 0 Å². The zero-order valence-electron chi connectivity index (χ0n) is 15.7. The highest BCUT2D eigenvalue weighted by Gasteiger charge is 2.20. The average Bonchev–Trinajstić information content (AvgIpc) is 2.69. The van der Waals surface area contributed by atoms with Crippen LogP contribution in [0.25, 0.3) is 0 Å². The molecular formula is C22H21NO4S. The molecule has 0 heterocycles. The highest BCUT2D eigenvalue weighted by atomic mass is 32.2. The maximum atomic E-state index is 12.9. The Labute approximate surface area is 164 Å². The smallest absolute Gasteiger partial charge is 0.256 e. The van der Waals surface area contributed by atoms with Crippen molar-refractivity contribution < 1.29 is 17.9 Å². The number of anilines is 1. The third-order valence-corrected chi connectivity index (χ3v) is 5.99. The van der Waals surface area contributed by atoms with Crippen LogP contribution < -0.4 is 10.1 Å². The number of aryl methyl sites for hydroxylation is 1. The van der Waals surface area contributed by atoms with Gasteiger partial charge in [-0.15, -0.1) is 0 Å². The van der Waals surface area contributed by atoms with E-state index < -0.39 is 9.84 Å². The molecule has 0 aliphatic carbocycles. The number of nitrogens with one attached hydrogen (secondary N) is 1. The van der Waals surface area contributed by atoms with Crippen molar-refractivity contribution in [2.24, 2.45) is 0 Å². The van der Waals surface area contributed by atoms with E-state index in [0.717, 1.165) is 5.56 Å². The third-order valence-electron chi connectivity index (χ3n) is 4.31. The second-order valence-corrected chi connectivity index (χ2v) is 8.38. The summed E-state index contributed by atoms with van der Waals surface area (Å²) in [5.74, 6) is -0.109. The molecule has 5 nitrogen and oxygen atoms in total. The zero-order valence-corrected chi connectivity index (χ0v) is 16.5. The second kappa shape index (κ2) is 8.27. The topological polar surface area (TPSA) is 72.5 Å². The standard InChI is InChI=1S/C22H21NO4S/c1-16-12-13-21(27-2)20(14-16)23-22(24)19-11-7-6-8-17(19)15-28(25,26)18-9-4-3-5-10-18/h3-14H,15H2,1-2H3,(H,23,24). The summed E-state index contributed by atoms with van der Waals surface area (Å²) in [6, 6.07) is 20.4. The number of hydrogen-bond donors (Lipinski definition) is 1. The molecule has 0 aromatic heterocycles. The molecule has 28 heavy (non-hydrogen) atoms. The summed E-state index contributed by atoms with van der Waals surface area (Å²) >= 11 is 0. The number of carbonyl (C=O) groups excluding carboxylic acids is 1. The van der Waals surface area contributed by atoms with Gasteiger partial charge in [-0.25, -0.2) is 8.42 Å². The minimum absolute atomic E-state index is 0.227. The molecule has 3 aromatic rings. The van der Waals surface area contributed by atoms with E-state index in [9.17, 15) is 13.2 Å². The van der Waals surface area contributed by atoms with E-state index in [4.69, 9.17) is 4.74 Å². The number of hydrogen-bond acceptors (Lipinski definition) is 4. The highest BCUT2D eigenvalue weighted by molar-refractivity contribution is 7.90. The van der Waals surface area contributed by atoms with Gasteiger partial charge < -0.3 is 10.1 Å². The van der Waals surface area contributed by atoms with Gasteiger partial charge in [0.2, 0.25) is 0 Å². The summed E-state index contributed by atoms with van der Waals surface area (Å²) < 4.78 is 30.8. The molecule has 3 aromatic carbocycles. The normalized spacial score (nSPS) is 11.1. The van der Waals surface area contributed by atoms with Crippen LogP contribution in [0.1, 0.15) is 21.5 Å². The molecule has 0 bridgehead atoms. The number of methoxy groups -OCH3 is 1. The van der Waals surface area contributed by atoms with Crippen molar-refractivity contribution in [3.8, 4) is 5.75 Å². The molecule has 6 heteroatoms. The molecule has 0 unspecified atom stereocenters. The van der Waals surface area contributed by atoms with Gasteiger partial charge in [-0.2, -0.15) is 0 Å². The van der Waals surface area contributed by atoms with Gasteiger partial charge in [-0.3, -0.25) is 4.79 Å². The largest absolute Gasteiger partial charge is 0.495 e. The van der Waals surface area contributed by atoms with Crippen LogP contribution in [0.5, 0.6) is 5.75 Å². The molecule has 1 N–H and O–H groups in total. The average molecular weight is 395 g/mol. The lowest BCUT2D eigenvalue weighted by Gasteiger charge is -2.13. The summed E-state index contributed by atoms with van der Waals surface area (Å²) in [5, 5.41) is 2.83. The van der Waals surface area contributed by atoms with Crippen molar-refractivity contribution in [3.63, 3.8) is 0 Å². The molecule has 0 spiro atoms. The van der Waals surface area contributed by atoms with Crippen LogP contribution in [0.3, 0.4) is 0 Å². The number of sulfone groups is 1. The molecule has 0 aliphatic rings. The Morgan fingerprint density at radius 3 is 2.36 bits per heavy atom. The Kier molecular flexibility index (Phi) is 5.80. The number of rotatable bonds is 6. The summed E-state index contributed by atoms with van der Waals surface area (Å²) in [5.41, 5.74) is 2.25. The molecule has 0 fully saturated rings. The van der Waals surface area contributed by atoms with E-state index in [-0.39, 0.29) is 16.6 Å². The minimum atomic E-state index is -3.57. The van der Waals surface area contributed by atoms with Gasteiger partial charge in [0, 0.05) is 5.56 Å². The van der Waals surface area contributed by atoms with Gasteiger partial charge in [-0.05, 0) is 48.4 Å². The Morgan fingerprint density at radius 1 is 0.964 bits per heavy atom. The van der Waals surface area contributed by atoms with E-state index in [1.807, 2.05) is 13.0 Å². The van der Waals surface area contributed by atoms with Crippen LogP contribution in [0, 0.1) is 6.92 Å². The van der Waals surface area contributed by atoms with Gasteiger partial charge in [-0.1, -0.05) is 42.5 Å². The first-order valence-corrected chi connectivity index (χ1v) is 10.4. The summed E-state index contributed by atoms with van der Waals surface area (Å²) in [6.07, 6.45) is 0. The lowest BCUT2D eigenvalue weighted by atomic mass is 10.1. The predicted octanol–water partition coefficient (Wildman–Crippen LogP) is 4.23. The number of amides is 1. The van der Waals surface area contributed by atoms with Crippen molar-refractivity contribution in [1.82, 2.24) is 0 Å². The van der Waals surface area contributed by atoms with Crippen molar-refractivity contribution in [2.45, 2.75) is 17.6 Å². The number of benzene rings is 3. The molecule has 0 aliphatic heterocycles. The van der Waals surface area contributed by atoms with Crippen LogP contribution in [0.4, 0.5) is 5.69 Å². The SMILES string of the molecule is COc1ccc(C)cc1NC(=O)c1ccccc1CS(=O)(=O)c1ccccc1. The lowest BCUT2D eigenvalue weighted by Crippen LogP contribution is -2.16. The first-order valence-electron chi connectivity index (χ1n) is 8.72. The summed E-state index contributed by atoms with van der Waals surface area (Å²) in [6.45, 7) is 1.91.